The summed E-state index contributed by atoms with van der Waals surface area (Å²) >= 11 is 0. The third-order valence-electron chi connectivity index (χ3n) is 3.66. The Morgan fingerprint density at radius 1 is 1.19 bits per heavy atom. The first-order chi connectivity index (χ1) is 7.74. The normalized spacial score (nSPS) is 17.4. The number of ether oxygens (including phenoxy) is 1. The van der Waals surface area contributed by atoms with Crippen LogP contribution in [0.15, 0.2) is 12.1 Å². The Morgan fingerprint density at radius 2 is 1.88 bits per heavy atom. The van der Waals surface area contributed by atoms with Gasteiger partial charge in [0.2, 0.25) is 0 Å². The minimum atomic E-state index is 0.330. The van der Waals surface area contributed by atoms with Crippen LogP contribution in [-0.2, 0) is 0 Å². The summed E-state index contributed by atoms with van der Waals surface area (Å²) in [5.74, 6) is 1.83. The van der Waals surface area contributed by atoms with Crippen LogP contribution in [0.3, 0.4) is 0 Å². The van der Waals surface area contributed by atoms with Crippen LogP contribution < -0.4 is 4.74 Å². The zero-order valence-corrected chi connectivity index (χ0v) is 10.1. The Labute approximate surface area is 97.3 Å². The number of benzene rings is 1. The molecule has 2 nitrogen and oxygen atoms in total. The van der Waals surface area contributed by atoms with Gasteiger partial charge in [-0.25, -0.2) is 0 Å². The molecule has 1 fully saturated rings. The highest BCUT2D eigenvalue weighted by Gasteiger charge is 2.21. The average molecular weight is 220 g/mol. The predicted molar refractivity (Wildman–Crippen MR) is 65.2 cm³/mol. The highest BCUT2D eigenvalue weighted by molar-refractivity contribution is 5.50. The lowest BCUT2D eigenvalue weighted by atomic mass is 9.83. The van der Waals surface area contributed by atoms with Crippen LogP contribution in [-0.4, -0.2) is 12.2 Å². The van der Waals surface area contributed by atoms with Gasteiger partial charge in [0, 0.05) is 5.56 Å². The molecule has 0 atom stereocenters. The maximum atomic E-state index is 9.67. The van der Waals surface area contributed by atoms with E-state index in [0.717, 1.165) is 11.3 Å². The molecule has 1 aliphatic rings. The Hall–Kier alpha value is -1.18. The van der Waals surface area contributed by atoms with Gasteiger partial charge in [0.05, 0.1) is 7.11 Å². The molecule has 16 heavy (non-hydrogen) atoms. The second-order valence-corrected chi connectivity index (χ2v) is 4.67. The number of hydrogen-bond acceptors (Lipinski definition) is 2. The van der Waals surface area contributed by atoms with Gasteiger partial charge in [0.1, 0.15) is 11.5 Å². The fourth-order valence-corrected chi connectivity index (χ4v) is 2.71. The summed E-state index contributed by atoms with van der Waals surface area (Å²) in [7, 11) is 1.69. The smallest absolute Gasteiger partial charge is 0.128 e. The second-order valence-electron chi connectivity index (χ2n) is 4.67. The summed E-state index contributed by atoms with van der Waals surface area (Å²) in [4.78, 5) is 0. The van der Waals surface area contributed by atoms with Gasteiger partial charge in [0.25, 0.3) is 0 Å². The van der Waals surface area contributed by atoms with E-state index in [0.29, 0.717) is 11.7 Å². The standard InChI is InChI=1S/C14H20O2/c1-10-13(15)9-8-12(14(10)16-2)11-6-4-3-5-7-11/h8-9,11,15H,3-7H2,1-2H3. The molecule has 0 amide bonds. The van der Waals surface area contributed by atoms with Crippen molar-refractivity contribution in [1.29, 1.82) is 0 Å². The average Bonchev–Trinajstić information content (AvgIpc) is 2.33. The van der Waals surface area contributed by atoms with Gasteiger partial charge in [-0.05, 0) is 37.3 Å². The Bertz CT molecular complexity index is 365. The summed E-state index contributed by atoms with van der Waals surface area (Å²) in [6.45, 7) is 1.92. The van der Waals surface area contributed by atoms with Crippen molar-refractivity contribution in [3.05, 3.63) is 23.3 Å². The molecular formula is C14H20O2. The summed E-state index contributed by atoms with van der Waals surface area (Å²) in [5.41, 5.74) is 2.14. The number of hydrogen-bond donors (Lipinski definition) is 1. The molecule has 1 N–H and O–H groups in total. The predicted octanol–water partition coefficient (Wildman–Crippen LogP) is 3.76. The van der Waals surface area contributed by atoms with Crippen molar-refractivity contribution in [1.82, 2.24) is 0 Å². The molecule has 2 rings (SSSR count). The second kappa shape index (κ2) is 4.77. The highest BCUT2D eigenvalue weighted by atomic mass is 16.5. The lowest BCUT2D eigenvalue weighted by Gasteiger charge is -2.24. The van der Waals surface area contributed by atoms with E-state index >= 15 is 0 Å². The fourth-order valence-electron chi connectivity index (χ4n) is 2.71. The highest BCUT2D eigenvalue weighted by Crippen LogP contribution is 2.41. The maximum Gasteiger partial charge on any atom is 0.128 e. The zero-order valence-electron chi connectivity index (χ0n) is 10.1. The van der Waals surface area contributed by atoms with Crippen LogP contribution in [0.1, 0.15) is 49.1 Å². The largest absolute Gasteiger partial charge is 0.508 e. The summed E-state index contributed by atoms with van der Waals surface area (Å²) < 4.78 is 5.45. The Kier molecular flexibility index (Phi) is 3.37. The van der Waals surface area contributed by atoms with Crippen LogP contribution >= 0.6 is 0 Å². The third kappa shape index (κ3) is 2.01. The molecule has 0 heterocycles. The van der Waals surface area contributed by atoms with Crippen molar-refractivity contribution < 1.29 is 9.84 Å². The van der Waals surface area contributed by atoms with E-state index in [2.05, 4.69) is 0 Å². The first kappa shape index (κ1) is 11.3. The lowest BCUT2D eigenvalue weighted by Crippen LogP contribution is -2.07. The molecule has 0 unspecified atom stereocenters. The molecule has 0 aliphatic heterocycles. The van der Waals surface area contributed by atoms with Crippen molar-refractivity contribution in [3.8, 4) is 11.5 Å². The van der Waals surface area contributed by atoms with Crippen molar-refractivity contribution >= 4 is 0 Å². The van der Waals surface area contributed by atoms with E-state index in [9.17, 15) is 5.11 Å². The Balaban J connectivity index is 2.35. The lowest BCUT2D eigenvalue weighted by molar-refractivity contribution is 0.378. The van der Waals surface area contributed by atoms with Crippen LogP contribution in [0.2, 0.25) is 0 Å². The topological polar surface area (TPSA) is 29.5 Å². The van der Waals surface area contributed by atoms with Crippen molar-refractivity contribution in [2.45, 2.75) is 44.9 Å². The molecule has 2 heteroatoms. The monoisotopic (exact) mass is 220 g/mol. The molecule has 0 bridgehead atoms. The maximum absolute atomic E-state index is 9.67. The zero-order chi connectivity index (χ0) is 11.5. The number of aromatic hydroxyl groups is 1. The molecule has 0 spiro atoms. The van der Waals surface area contributed by atoms with E-state index < -0.39 is 0 Å². The van der Waals surface area contributed by atoms with Gasteiger partial charge >= 0.3 is 0 Å². The minimum Gasteiger partial charge on any atom is -0.508 e. The fraction of sp³-hybridized carbons (Fsp3) is 0.571. The minimum absolute atomic E-state index is 0.330. The molecular weight excluding hydrogens is 200 g/mol. The molecule has 0 radical (unpaired) electrons. The van der Waals surface area contributed by atoms with Crippen molar-refractivity contribution in [3.63, 3.8) is 0 Å². The van der Waals surface area contributed by atoms with Crippen molar-refractivity contribution in [2.24, 2.45) is 0 Å². The molecule has 1 aromatic carbocycles. The first-order valence-corrected chi connectivity index (χ1v) is 6.10. The van der Waals surface area contributed by atoms with Crippen LogP contribution in [0.4, 0.5) is 0 Å². The molecule has 0 aromatic heterocycles. The molecule has 1 aliphatic carbocycles. The van der Waals surface area contributed by atoms with Crippen LogP contribution in [0.25, 0.3) is 0 Å². The van der Waals surface area contributed by atoms with E-state index in [-0.39, 0.29) is 0 Å². The quantitative estimate of drug-likeness (QED) is 0.822. The molecule has 88 valence electrons. The van der Waals surface area contributed by atoms with E-state index in [1.54, 1.807) is 13.2 Å². The van der Waals surface area contributed by atoms with Gasteiger partial charge in [-0.3, -0.25) is 0 Å². The van der Waals surface area contributed by atoms with E-state index in [1.807, 2.05) is 13.0 Å². The SMILES string of the molecule is COc1c(C2CCCCC2)ccc(O)c1C. The van der Waals surface area contributed by atoms with Gasteiger partial charge in [-0.1, -0.05) is 25.3 Å². The van der Waals surface area contributed by atoms with Crippen LogP contribution in [0.5, 0.6) is 11.5 Å². The van der Waals surface area contributed by atoms with E-state index in [1.165, 1.54) is 37.7 Å². The molecule has 1 aromatic rings. The van der Waals surface area contributed by atoms with E-state index in [4.69, 9.17) is 4.74 Å². The summed E-state index contributed by atoms with van der Waals surface area (Å²) in [6.07, 6.45) is 6.48. The van der Waals surface area contributed by atoms with Gasteiger partial charge in [-0.2, -0.15) is 0 Å². The van der Waals surface area contributed by atoms with Gasteiger partial charge in [-0.15, -0.1) is 0 Å². The molecule has 0 saturated heterocycles. The van der Waals surface area contributed by atoms with Crippen LogP contribution in [0, 0.1) is 6.92 Å². The number of rotatable bonds is 2. The number of methoxy groups -OCH3 is 1. The van der Waals surface area contributed by atoms with Gasteiger partial charge in [0.15, 0.2) is 0 Å². The number of phenols is 1. The summed E-state index contributed by atoms with van der Waals surface area (Å²) in [6, 6.07) is 3.82. The summed E-state index contributed by atoms with van der Waals surface area (Å²) in [5, 5.41) is 9.67. The number of phenolic OH excluding ortho intramolecular Hbond substituents is 1. The molecule has 1 saturated carbocycles. The van der Waals surface area contributed by atoms with Gasteiger partial charge < -0.3 is 9.84 Å². The Morgan fingerprint density at radius 3 is 2.50 bits per heavy atom. The first-order valence-electron chi connectivity index (χ1n) is 6.10. The van der Waals surface area contributed by atoms with Crippen molar-refractivity contribution in [2.75, 3.05) is 7.11 Å². The third-order valence-corrected chi connectivity index (χ3v) is 3.66.